The highest BCUT2D eigenvalue weighted by atomic mass is 16.6. The first-order chi connectivity index (χ1) is 21.6. The lowest BCUT2D eigenvalue weighted by Crippen LogP contribution is -2.59. The van der Waals surface area contributed by atoms with E-state index in [0.717, 1.165) is 32.1 Å². The maximum absolute atomic E-state index is 12.8. The average Bonchev–Trinajstić information content (AvgIpc) is 3.63. The number of hydrogen-bond acceptors (Lipinski definition) is 7. The van der Waals surface area contributed by atoms with Crippen LogP contribution in [0.2, 0.25) is 0 Å². The van der Waals surface area contributed by atoms with Crippen molar-refractivity contribution in [3.63, 3.8) is 0 Å². The minimum atomic E-state index is -0.779. The molecule has 0 radical (unpaired) electrons. The SMILES string of the molecule is CC(=O)OC1C(CCC23CCC4C(=CCC5C4(C)CCC4C(C)C(=O)CCC45C)C2CC(C)(C)CC3)OC2C(=O)C2C1OC(C)=O. The molecule has 13 unspecified atom stereocenters. The minimum absolute atomic E-state index is 0.0582. The van der Waals surface area contributed by atoms with Crippen LogP contribution in [-0.2, 0) is 33.4 Å². The number of ether oxygens (including phenoxy) is 3. The molecule has 5 saturated carbocycles. The van der Waals surface area contributed by atoms with Crippen LogP contribution in [0.4, 0.5) is 0 Å². The highest BCUT2D eigenvalue weighted by molar-refractivity contribution is 6.03. The molecule has 0 aromatic rings. The molecule has 1 aliphatic heterocycles. The maximum atomic E-state index is 12.8. The Morgan fingerprint density at radius 3 is 2.33 bits per heavy atom. The summed E-state index contributed by atoms with van der Waals surface area (Å²) in [5.74, 6) is 1.36. The summed E-state index contributed by atoms with van der Waals surface area (Å²) in [4.78, 5) is 49.7. The van der Waals surface area contributed by atoms with Gasteiger partial charge in [-0.25, -0.2) is 0 Å². The summed E-state index contributed by atoms with van der Waals surface area (Å²) in [6.07, 6.45) is 12.9. The molecule has 7 rings (SSSR count). The number of allylic oxidation sites excluding steroid dienone is 2. The summed E-state index contributed by atoms with van der Waals surface area (Å²) in [6.45, 7) is 14.9. The number of ketones is 2. The van der Waals surface area contributed by atoms with Crippen molar-refractivity contribution in [3.8, 4) is 0 Å². The van der Waals surface area contributed by atoms with Crippen LogP contribution in [-0.4, -0.2) is 47.9 Å². The van der Waals surface area contributed by atoms with Gasteiger partial charge in [-0.15, -0.1) is 0 Å². The standard InChI is InChI=1S/C39H56O7/c1-21-25-10-14-38(7)26-11-16-39(17-13-29-33(44-22(2)40)35(45-23(3)41)31-32(43)34(31)46-29)19-18-36(4,5)20-27(39)24(26)8-9-30(38)37(25,6)15-12-28(21)42/h8,21,25-27,29-31,33-35H,9-20H2,1-7H3. The summed E-state index contributed by atoms with van der Waals surface area (Å²) in [7, 11) is 0. The van der Waals surface area contributed by atoms with Gasteiger partial charge in [0.2, 0.25) is 0 Å². The van der Waals surface area contributed by atoms with Crippen molar-refractivity contribution in [1.29, 1.82) is 0 Å². The maximum Gasteiger partial charge on any atom is 0.303 e. The van der Waals surface area contributed by atoms with E-state index in [1.807, 2.05) is 0 Å². The molecule has 0 aromatic carbocycles. The van der Waals surface area contributed by atoms with E-state index in [-0.39, 0.29) is 33.4 Å². The van der Waals surface area contributed by atoms with E-state index in [4.69, 9.17) is 14.2 Å². The van der Waals surface area contributed by atoms with E-state index in [9.17, 15) is 19.2 Å². The lowest BCUT2D eigenvalue weighted by Gasteiger charge is -2.66. The van der Waals surface area contributed by atoms with Crippen molar-refractivity contribution in [3.05, 3.63) is 11.6 Å². The van der Waals surface area contributed by atoms with Gasteiger partial charge in [-0.05, 0) is 116 Å². The van der Waals surface area contributed by atoms with Crippen LogP contribution in [0.5, 0.6) is 0 Å². The fourth-order valence-corrected chi connectivity index (χ4v) is 12.6. The fraction of sp³-hybridized carbons (Fsp3) is 0.846. The number of rotatable bonds is 5. The molecule has 7 nitrogen and oxygen atoms in total. The number of carbonyl (C=O) groups excluding carboxylic acids is 4. The summed E-state index contributed by atoms with van der Waals surface area (Å²) < 4.78 is 17.7. The smallest absolute Gasteiger partial charge is 0.303 e. The van der Waals surface area contributed by atoms with E-state index in [2.05, 4.69) is 40.7 Å². The Morgan fingerprint density at radius 2 is 1.61 bits per heavy atom. The van der Waals surface area contributed by atoms with E-state index in [1.165, 1.54) is 52.4 Å². The average molecular weight is 637 g/mol. The topological polar surface area (TPSA) is 96.0 Å². The summed E-state index contributed by atoms with van der Waals surface area (Å²) in [6, 6.07) is 0. The van der Waals surface area contributed by atoms with Crippen LogP contribution in [0.3, 0.4) is 0 Å². The molecular weight excluding hydrogens is 580 g/mol. The predicted molar refractivity (Wildman–Crippen MR) is 172 cm³/mol. The van der Waals surface area contributed by atoms with Gasteiger partial charge in [-0.1, -0.05) is 46.3 Å². The summed E-state index contributed by atoms with van der Waals surface area (Å²) >= 11 is 0. The van der Waals surface area contributed by atoms with Crippen molar-refractivity contribution >= 4 is 23.5 Å². The van der Waals surface area contributed by atoms with E-state index in [0.29, 0.717) is 35.9 Å². The third-order valence-electron chi connectivity index (χ3n) is 15.1. The Hall–Kier alpha value is -2.02. The van der Waals surface area contributed by atoms with Crippen LogP contribution in [0, 0.1) is 57.2 Å². The van der Waals surface area contributed by atoms with Gasteiger partial charge in [-0.2, -0.15) is 0 Å². The molecule has 1 heterocycles. The van der Waals surface area contributed by atoms with Gasteiger partial charge in [0.1, 0.15) is 11.9 Å². The van der Waals surface area contributed by atoms with E-state index >= 15 is 0 Å². The molecule has 6 aliphatic carbocycles. The van der Waals surface area contributed by atoms with Crippen LogP contribution in [0.15, 0.2) is 11.6 Å². The summed E-state index contributed by atoms with van der Waals surface area (Å²) in [5, 5.41) is 0. The molecule has 0 amide bonds. The molecule has 0 bridgehead atoms. The first kappa shape index (κ1) is 32.5. The number of carbonyl (C=O) groups is 4. The lowest BCUT2D eigenvalue weighted by atomic mass is 9.38. The van der Waals surface area contributed by atoms with Crippen LogP contribution in [0.25, 0.3) is 0 Å². The molecular formula is C39H56O7. The van der Waals surface area contributed by atoms with Gasteiger partial charge in [0.25, 0.3) is 0 Å². The van der Waals surface area contributed by atoms with Gasteiger partial charge in [0.15, 0.2) is 18.0 Å². The second-order valence-corrected chi connectivity index (χ2v) is 18.0. The molecule has 0 N–H and O–H groups in total. The molecule has 1 saturated heterocycles. The van der Waals surface area contributed by atoms with E-state index < -0.39 is 42.3 Å². The highest BCUT2D eigenvalue weighted by Gasteiger charge is 2.66. The number of Topliss-reactive ketones (excluding diaryl/α,β-unsaturated/α-hetero) is 2. The second kappa shape index (κ2) is 11.0. The molecule has 0 spiro atoms. The zero-order chi connectivity index (χ0) is 33.0. The zero-order valence-corrected chi connectivity index (χ0v) is 29.2. The van der Waals surface area contributed by atoms with Gasteiger partial charge in [-0.3, -0.25) is 19.2 Å². The van der Waals surface area contributed by atoms with Crippen molar-refractivity contribution in [1.82, 2.24) is 0 Å². The van der Waals surface area contributed by atoms with Gasteiger partial charge in [0, 0.05) is 26.2 Å². The van der Waals surface area contributed by atoms with Crippen molar-refractivity contribution in [2.75, 3.05) is 0 Å². The molecule has 6 fully saturated rings. The largest absolute Gasteiger partial charge is 0.458 e. The third-order valence-corrected chi connectivity index (χ3v) is 15.1. The van der Waals surface area contributed by atoms with Crippen LogP contribution >= 0.6 is 0 Å². The Kier molecular flexibility index (Phi) is 7.78. The minimum Gasteiger partial charge on any atom is -0.458 e. The molecule has 0 aromatic heterocycles. The van der Waals surface area contributed by atoms with E-state index in [1.54, 1.807) is 5.57 Å². The second-order valence-electron chi connectivity index (χ2n) is 18.0. The highest BCUT2D eigenvalue weighted by Crippen LogP contribution is 2.71. The first-order valence-corrected chi connectivity index (χ1v) is 18.4. The van der Waals surface area contributed by atoms with Crippen LogP contribution < -0.4 is 0 Å². The Bertz CT molecular complexity index is 1350. The molecule has 254 valence electrons. The quantitative estimate of drug-likeness (QED) is 0.233. The van der Waals surface area contributed by atoms with Crippen LogP contribution in [0.1, 0.15) is 126 Å². The normalized spacial score (nSPS) is 48.8. The van der Waals surface area contributed by atoms with Gasteiger partial charge in [0.05, 0.1) is 12.0 Å². The van der Waals surface area contributed by atoms with Gasteiger partial charge < -0.3 is 14.2 Å². The predicted octanol–water partition coefficient (Wildman–Crippen LogP) is 7.19. The number of fused-ring (bicyclic) bond motifs is 8. The molecule has 7 aliphatic rings. The monoisotopic (exact) mass is 636 g/mol. The molecule has 7 heteroatoms. The van der Waals surface area contributed by atoms with Crippen molar-refractivity contribution in [2.24, 2.45) is 57.2 Å². The summed E-state index contributed by atoms with van der Waals surface area (Å²) in [5.41, 5.74) is 2.60. The fourth-order valence-electron chi connectivity index (χ4n) is 12.6. The number of hydrogen-bond donors (Lipinski definition) is 0. The Labute approximate surface area is 275 Å². The first-order valence-electron chi connectivity index (χ1n) is 18.4. The zero-order valence-electron chi connectivity index (χ0n) is 29.2. The lowest BCUT2D eigenvalue weighted by molar-refractivity contribution is -0.197. The number of esters is 2. The van der Waals surface area contributed by atoms with Crippen molar-refractivity contribution < 1.29 is 33.4 Å². The molecule has 46 heavy (non-hydrogen) atoms. The third kappa shape index (κ3) is 4.98. The Balaban J connectivity index is 1.17. The van der Waals surface area contributed by atoms with Gasteiger partial charge >= 0.3 is 11.9 Å². The molecule has 13 atom stereocenters. The Morgan fingerprint density at radius 1 is 0.891 bits per heavy atom. The van der Waals surface area contributed by atoms with Crippen molar-refractivity contribution in [2.45, 2.75) is 150 Å².